The molecule has 0 unspecified atom stereocenters. The van der Waals surface area contributed by atoms with Crippen LogP contribution in [0.15, 0.2) is 29.3 Å². The van der Waals surface area contributed by atoms with Gasteiger partial charge in [0.05, 0.1) is 13.7 Å². The van der Waals surface area contributed by atoms with Gasteiger partial charge in [-0.05, 0) is 26.8 Å². The SMILES string of the molecule is CCNC(=NCCC(=O)NC(C)C)N(C)Cc1ccccc1OC.I. The molecule has 2 N–H and O–H groups in total. The first kappa shape index (κ1) is 23.5. The Kier molecular flexibility index (Phi) is 12.0. The molecule has 0 aliphatic heterocycles. The van der Waals surface area contributed by atoms with Crippen LogP contribution in [0, 0.1) is 0 Å². The lowest BCUT2D eigenvalue weighted by atomic mass is 10.2. The number of nitrogens with zero attached hydrogens (tertiary/aromatic N) is 2. The molecule has 1 aromatic carbocycles. The molecule has 0 aromatic heterocycles. The summed E-state index contributed by atoms with van der Waals surface area (Å²) in [6, 6.07) is 8.09. The van der Waals surface area contributed by atoms with E-state index in [0.717, 1.165) is 23.8 Å². The molecule has 6 nitrogen and oxygen atoms in total. The molecule has 0 aliphatic rings. The highest BCUT2D eigenvalue weighted by atomic mass is 127. The minimum absolute atomic E-state index is 0. The zero-order chi connectivity index (χ0) is 17.9. The van der Waals surface area contributed by atoms with Crippen LogP contribution in [0.1, 0.15) is 32.8 Å². The molecule has 0 saturated carbocycles. The number of halogens is 1. The number of guanidine groups is 1. The maximum Gasteiger partial charge on any atom is 0.222 e. The highest BCUT2D eigenvalue weighted by Crippen LogP contribution is 2.18. The fourth-order valence-corrected chi connectivity index (χ4v) is 2.29. The van der Waals surface area contributed by atoms with E-state index in [2.05, 4.69) is 15.6 Å². The van der Waals surface area contributed by atoms with Crippen LogP contribution in [0.5, 0.6) is 5.75 Å². The van der Waals surface area contributed by atoms with Gasteiger partial charge in [0.25, 0.3) is 0 Å². The first-order valence-electron chi connectivity index (χ1n) is 8.38. The van der Waals surface area contributed by atoms with Crippen molar-refractivity contribution in [3.63, 3.8) is 0 Å². The minimum atomic E-state index is 0. The van der Waals surface area contributed by atoms with E-state index in [1.165, 1.54) is 0 Å². The molecule has 0 aliphatic carbocycles. The summed E-state index contributed by atoms with van der Waals surface area (Å²) >= 11 is 0. The smallest absolute Gasteiger partial charge is 0.222 e. The number of hydrogen-bond acceptors (Lipinski definition) is 3. The Labute approximate surface area is 168 Å². The van der Waals surface area contributed by atoms with Crippen LogP contribution >= 0.6 is 24.0 Å². The van der Waals surface area contributed by atoms with Crippen LogP contribution in [0.2, 0.25) is 0 Å². The lowest BCUT2D eigenvalue weighted by Gasteiger charge is -2.23. The highest BCUT2D eigenvalue weighted by molar-refractivity contribution is 14.0. The summed E-state index contributed by atoms with van der Waals surface area (Å²) in [5.41, 5.74) is 1.09. The normalized spacial score (nSPS) is 10.9. The number of ether oxygens (including phenoxy) is 1. The zero-order valence-corrected chi connectivity index (χ0v) is 18.2. The van der Waals surface area contributed by atoms with Gasteiger partial charge in [-0.1, -0.05) is 18.2 Å². The van der Waals surface area contributed by atoms with Crippen molar-refractivity contribution in [1.82, 2.24) is 15.5 Å². The topological polar surface area (TPSA) is 66.0 Å². The molecule has 7 heteroatoms. The number of para-hydroxylation sites is 1. The minimum Gasteiger partial charge on any atom is -0.496 e. The van der Waals surface area contributed by atoms with Gasteiger partial charge in [-0.15, -0.1) is 24.0 Å². The van der Waals surface area contributed by atoms with E-state index >= 15 is 0 Å². The summed E-state index contributed by atoms with van der Waals surface area (Å²) in [6.07, 6.45) is 0.384. The third kappa shape index (κ3) is 8.94. The second-order valence-corrected chi connectivity index (χ2v) is 5.88. The molecule has 0 radical (unpaired) electrons. The Morgan fingerprint density at radius 2 is 2.00 bits per heavy atom. The molecular formula is C18H31IN4O2. The van der Waals surface area contributed by atoms with Gasteiger partial charge in [-0.2, -0.15) is 0 Å². The van der Waals surface area contributed by atoms with Gasteiger partial charge in [0, 0.05) is 38.2 Å². The molecule has 0 bridgehead atoms. The first-order chi connectivity index (χ1) is 11.5. The summed E-state index contributed by atoms with van der Waals surface area (Å²) < 4.78 is 5.40. The molecule has 0 spiro atoms. The average Bonchev–Trinajstić information content (AvgIpc) is 2.53. The van der Waals surface area contributed by atoms with Crippen LogP contribution in [0.4, 0.5) is 0 Å². The predicted octanol–water partition coefficient (Wildman–Crippen LogP) is 2.63. The lowest BCUT2D eigenvalue weighted by molar-refractivity contribution is -0.121. The molecule has 1 rings (SSSR count). The quantitative estimate of drug-likeness (QED) is 0.354. The van der Waals surface area contributed by atoms with Gasteiger partial charge in [0.15, 0.2) is 5.96 Å². The molecule has 0 saturated heterocycles. The van der Waals surface area contributed by atoms with Crippen molar-refractivity contribution in [3.05, 3.63) is 29.8 Å². The maximum absolute atomic E-state index is 11.7. The van der Waals surface area contributed by atoms with E-state index in [1.54, 1.807) is 7.11 Å². The van der Waals surface area contributed by atoms with Gasteiger partial charge < -0.3 is 20.3 Å². The Morgan fingerprint density at radius 1 is 1.32 bits per heavy atom. The number of methoxy groups -OCH3 is 1. The molecule has 0 heterocycles. The number of nitrogens with one attached hydrogen (secondary N) is 2. The summed E-state index contributed by atoms with van der Waals surface area (Å²) in [7, 11) is 3.65. The molecule has 0 fully saturated rings. The summed E-state index contributed by atoms with van der Waals surface area (Å²) in [4.78, 5) is 18.3. The van der Waals surface area contributed by atoms with Gasteiger partial charge in [-0.3, -0.25) is 9.79 Å². The Hall–Kier alpha value is -1.51. The predicted molar refractivity (Wildman–Crippen MR) is 114 cm³/mol. The van der Waals surface area contributed by atoms with Gasteiger partial charge >= 0.3 is 0 Å². The van der Waals surface area contributed by atoms with Crippen LogP contribution in [0.3, 0.4) is 0 Å². The van der Waals surface area contributed by atoms with Crippen LogP contribution in [0.25, 0.3) is 0 Å². The van der Waals surface area contributed by atoms with Crippen molar-refractivity contribution in [3.8, 4) is 5.75 Å². The highest BCUT2D eigenvalue weighted by Gasteiger charge is 2.10. The van der Waals surface area contributed by atoms with Crippen LogP contribution in [-0.4, -0.2) is 50.1 Å². The van der Waals surface area contributed by atoms with E-state index < -0.39 is 0 Å². The van der Waals surface area contributed by atoms with E-state index in [1.807, 2.05) is 57.0 Å². The molecule has 0 atom stereocenters. The van der Waals surface area contributed by atoms with Crippen molar-refractivity contribution >= 4 is 35.8 Å². The van der Waals surface area contributed by atoms with Crippen LogP contribution in [-0.2, 0) is 11.3 Å². The van der Waals surface area contributed by atoms with E-state index in [-0.39, 0.29) is 35.9 Å². The van der Waals surface area contributed by atoms with E-state index in [0.29, 0.717) is 19.5 Å². The van der Waals surface area contributed by atoms with E-state index in [9.17, 15) is 4.79 Å². The fourth-order valence-electron chi connectivity index (χ4n) is 2.29. The summed E-state index contributed by atoms with van der Waals surface area (Å²) in [5.74, 6) is 1.66. The first-order valence-corrected chi connectivity index (χ1v) is 8.38. The van der Waals surface area contributed by atoms with Crippen molar-refractivity contribution in [1.29, 1.82) is 0 Å². The number of rotatable bonds is 8. The number of amides is 1. The molecular weight excluding hydrogens is 431 g/mol. The Balaban J connectivity index is 0.00000576. The third-order valence-electron chi connectivity index (χ3n) is 3.35. The van der Waals surface area contributed by atoms with Crippen molar-refractivity contribution in [2.75, 3.05) is 27.2 Å². The number of carbonyl (C=O) groups excluding carboxylic acids is 1. The molecule has 1 aromatic rings. The Bertz CT molecular complexity index is 550. The van der Waals surface area contributed by atoms with Crippen molar-refractivity contribution < 1.29 is 9.53 Å². The molecule has 25 heavy (non-hydrogen) atoms. The second-order valence-electron chi connectivity index (χ2n) is 5.88. The summed E-state index contributed by atoms with van der Waals surface area (Å²) in [6.45, 7) is 7.83. The standard InChI is InChI=1S/C18H30N4O2.HI/c1-6-19-18(20-12-11-17(23)21-14(2)3)22(4)13-15-9-7-8-10-16(15)24-5;/h7-10,14H,6,11-13H2,1-5H3,(H,19,20)(H,21,23);1H. The number of hydrogen-bond donors (Lipinski definition) is 2. The number of carbonyl (C=O) groups is 1. The summed E-state index contributed by atoms with van der Waals surface area (Å²) in [5, 5.41) is 6.13. The molecule has 1 amide bonds. The number of benzene rings is 1. The largest absolute Gasteiger partial charge is 0.496 e. The van der Waals surface area contributed by atoms with E-state index in [4.69, 9.17) is 4.74 Å². The fraction of sp³-hybridized carbons (Fsp3) is 0.556. The van der Waals surface area contributed by atoms with Crippen LogP contribution < -0.4 is 15.4 Å². The lowest BCUT2D eigenvalue weighted by Crippen LogP contribution is -2.39. The third-order valence-corrected chi connectivity index (χ3v) is 3.35. The molecule has 142 valence electrons. The van der Waals surface area contributed by atoms with Gasteiger partial charge in [-0.25, -0.2) is 0 Å². The Morgan fingerprint density at radius 3 is 2.60 bits per heavy atom. The maximum atomic E-state index is 11.7. The van der Waals surface area contributed by atoms with Gasteiger partial charge in [0.2, 0.25) is 5.91 Å². The van der Waals surface area contributed by atoms with Gasteiger partial charge in [0.1, 0.15) is 5.75 Å². The monoisotopic (exact) mass is 462 g/mol. The van der Waals surface area contributed by atoms with Crippen molar-refractivity contribution in [2.24, 2.45) is 4.99 Å². The van der Waals surface area contributed by atoms with Crippen molar-refractivity contribution in [2.45, 2.75) is 39.8 Å². The second kappa shape index (κ2) is 12.8. The average molecular weight is 462 g/mol. The number of aliphatic imine (C=N–C) groups is 1. The zero-order valence-electron chi connectivity index (χ0n) is 15.8.